The van der Waals surface area contributed by atoms with E-state index >= 15 is 0 Å². The van der Waals surface area contributed by atoms with Crippen molar-refractivity contribution in [1.82, 2.24) is 14.5 Å². The van der Waals surface area contributed by atoms with Crippen molar-refractivity contribution in [3.63, 3.8) is 0 Å². The second kappa shape index (κ2) is 7.63. The van der Waals surface area contributed by atoms with Crippen molar-refractivity contribution in [2.75, 3.05) is 32.7 Å². The Bertz CT molecular complexity index is 699. The fourth-order valence-corrected chi connectivity index (χ4v) is 4.49. The van der Waals surface area contributed by atoms with Crippen LogP contribution in [0.4, 0.5) is 0 Å². The molecule has 1 amide bonds. The van der Waals surface area contributed by atoms with E-state index < -0.39 is 10.0 Å². The van der Waals surface area contributed by atoms with E-state index in [0.29, 0.717) is 25.2 Å². The predicted octanol–water partition coefficient (Wildman–Crippen LogP) is 1.46. The van der Waals surface area contributed by atoms with Crippen LogP contribution in [0.25, 0.3) is 0 Å². The van der Waals surface area contributed by atoms with Gasteiger partial charge in [-0.2, -0.15) is 4.31 Å². The van der Waals surface area contributed by atoms with Crippen molar-refractivity contribution in [2.24, 2.45) is 0 Å². The van der Waals surface area contributed by atoms with Crippen molar-refractivity contribution in [2.45, 2.75) is 38.6 Å². The summed E-state index contributed by atoms with van der Waals surface area (Å²) in [5.41, 5.74) is 1.27. The second-order valence-corrected chi connectivity index (χ2v) is 8.06. The standard InChI is InChI=1S/C17H27N3O3S/c1-5-19(6-2)24(22,23)15-8-7-13(3)16(11-15)17(21)20-10-9-18-12-14(20)4/h7-8,11,14,18H,5-6,9-10,12H2,1-4H3/t14-/m0/s1. The first-order valence-electron chi connectivity index (χ1n) is 8.45. The highest BCUT2D eigenvalue weighted by Crippen LogP contribution is 2.21. The van der Waals surface area contributed by atoms with Crippen LogP contribution in [-0.2, 0) is 10.0 Å². The first kappa shape index (κ1) is 18.9. The zero-order valence-corrected chi connectivity index (χ0v) is 15.7. The highest BCUT2D eigenvalue weighted by molar-refractivity contribution is 7.89. The maximum atomic E-state index is 12.9. The number of piperazine rings is 1. The van der Waals surface area contributed by atoms with Crippen molar-refractivity contribution in [1.29, 1.82) is 0 Å². The molecule has 1 aliphatic rings. The van der Waals surface area contributed by atoms with Gasteiger partial charge in [-0.1, -0.05) is 19.9 Å². The second-order valence-electron chi connectivity index (χ2n) is 6.12. The maximum Gasteiger partial charge on any atom is 0.254 e. The molecular weight excluding hydrogens is 326 g/mol. The van der Waals surface area contributed by atoms with E-state index in [0.717, 1.165) is 18.7 Å². The van der Waals surface area contributed by atoms with E-state index in [1.807, 2.05) is 32.6 Å². The van der Waals surface area contributed by atoms with Crippen LogP contribution in [-0.4, -0.2) is 62.3 Å². The number of rotatable bonds is 5. The van der Waals surface area contributed by atoms with Gasteiger partial charge in [0.25, 0.3) is 5.91 Å². The Morgan fingerprint density at radius 1 is 1.33 bits per heavy atom. The lowest BCUT2D eigenvalue weighted by Gasteiger charge is -2.34. The van der Waals surface area contributed by atoms with E-state index in [1.54, 1.807) is 12.1 Å². The molecule has 134 valence electrons. The molecule has 1 saturated heterocycles. The number of amides is 1. The van der Waals surface area contributed by atoms with Crippen molar-refractivity contribution >= 4 is 15.9 Å². The Kier molecular flexibility index (Phi) is 6.01. The van der Waals surface area contributed by atoms with Crippen LogP contribution in [0.5, 0.6) is 0 Å². The minimum atomic E-state index is -3.57. The lowest BCUT2D eigenvalue weighted by molar-refractivity contribution is 0.0654. The molecule has 1 aromatic rings. The minimum Gasteiger partial charge on any atom is -0.333 e. The Morgan fingerprint density at radius 3 is 2.58 bits per heavy atom. The van der Waals surface area contributed by atoms with Crippen LogP contribution in [0.2, 0.25) is 0 Å². The molecule has 1 aromatic carbocycles. The van der Waals surface area contributed by atoms with Gasteiger partial charge < -0.3 is 10.2 Å². The molecule has 0 bridgehead atoms. The van der Waals surface area contributed by atoms with Gasteiger partial charge >= 0.3 is 0 Å². The smallest absolute Gasteiger partial charge is 0.254 e. The number of nitrogens with one attached hydrogen (secondary N) is 1. The number of hydrogen-bond acceptors (Lipinski definition) is 4. The number of carbonyl (C=O) groups is 1. The third kappa shape index (κ3) is 3.63. The first-order chi connectivity index (χ1) is 11.3. The van der Waals surface area contributed by atoms with Crippen LogP contribution in [0.3, 0.4) is 0 Å². The fourth-order valence-electron chi connectivity index (χ4n) is 3.00. The molecule has 1 fully saturated rings. The summed E-state index contributed by atoms with van der Waals surface area (Å²) < 4.78 is 26.8. The Balaban J connectivity index is 2.40. The van der Waals surface area contributed by atoms with E-state index in [9.17, 15) is 13.2 Å². The maximum absolute atomic E-state index is 12.9. The summed E-state index contributed by atoms with van der Waals surface area (Å²) in [5, 5.41) is 3.25. The molecule has 0 spiro atoms. The zero-order chi connectivity index (χ0) is 17.9. The Hall–Kier alpha value is -1.44. The average molecular weight is 353 g/mol. The molecule has 1 aliphatic heterocycles. The molecule has 1 atom stereocenters. The van der Waals surface area contributed by atoms with Crippen LogP contribution < -0.4 is 5.32 Å². The first-order valence-corrected chi connectivity index (χ1v) is 9.89. The highest BCUT2D eigenvalue weighted by Gasteiger charge is 2.28. The summed E-state index contributed by atoms with van der Waals surface area (Å²) in [5.74, 6) is -0.0990. The van der Waals surface area contributed by atoms with Gasteiger partial charge in [-0.15, -0.1) is 0 Å². The summed E-state index contributed by atoms with van der Waals surface area (Å²) in [7, 11) is -3.57. The summed E-state index contributed by atoms with van der Waals surface area (Å²) in [4.78, 5) is 14.9. The van der Waals surface area contributed by atoms with E-state index in [1.165, 1.54) is 10.4 Å². The quantitative estimate of drug-likeness (QED) is 0.870. The molecular formula is C17H27N3O3S. The van der Waals surface area contributed by atoms with E-state index in [2.05, 4.69) is 5.32 Å². The van der Waals surface area contributed by atoms with Gasteiger partial charge in [0.15, 0.2) is 0 Å². The zero-order valence-electron chi connectivity index (χ0n) is 14.9. The average Bonchev–Trinajstić information content (AvgIpc) is 2.55. The van der Waals surface area contributed by atoms with Crippen LogP contribution in [0.15, 0.2) is 23.1 Å². The van der Waals surface area contributed by atoms with Gasteiger partial charge in [0, 0.05) is 44.3 Å². The Morgan fingerprint density at radius 2 is 2.00 bits per heavy atom. The lowest BCUT2D eigenvalue weighted by Crippen LogP contribution is -2.52. The number of hydrogen-bond donors (Lipinski definition) is 1. The molecule has 1 N–H and O–H groups in total. The SMILES string of the molecule is CCN(CC)S(=O)(=O)c1ccc(C)c(C(=O)N2CCNC[C@@H]2C)c1. The van der Waals surface area contributed by atoms with E-state index in [-0.39, 0.29) is 16.8 Å². The summed E-state index contributed by atoms with van der Waals surface area (Å²) in [6, 6.07) is 4.92. The van der Waals surface area contributed by atoms with Crippen molar-refractivity contribution in [3.05, 3.63) is 29.3 Å². The van der Waals surface area contributed by atoms with Crippen LogP contribution in [0.1, 0.15) is 36.7 Å². The summed E-state index contributed by atoms with van der Waals surface area (Å²) in [6.45, 7) is 10.4. The normalized spacial score (nSPS) is 18.9. The van der Waals surface area contributed by atoms with E-state index in [4.69, 9.17) is 0 Å². The molecule has 0 saturated carbocycles. The number of aryl methyl sites for hydroxylation is 1. The Labute approximate surface area is 144 Å². The largest absolute Gasteiger partial charge is 0.333 e. The molecule has 0 aromatic heterocycles. The third-order valence-electron chi connectivity index (χ3n) is 4.54. The number of benzene rings is 1. The number of carbonyl (C=O) groups excluding carboxylic acids is 1. The molecule has 0 radical (unpaired) electrons. The van der Waals surface area contributed by atoms with Crippen molar-refractivity contribution in [3.8, 4) is 0 Å². The lowest BCUT2D eigenvalue weighted by atomic mass is 10.1. The highest BCUT2D eigenvalue weighted by atomic mass is 32.2. The number of sulfonamides is 1. The summed E-state index contributed by atoms with van der Waals surface area (Å²) >= 11 is 0. The monoisotopic (exact) mass is 353 g/mol. The predicted molar refractivity (Wildman–Crippen MR) is 94.7 cm³/mol. The van der Waals surface area contributed by atoms with Gasteiger partial charge in [0.1, 0.15) is 0 Å². The van der Waals surface area contributed by atoms with Gasteiger partial charge in [0.05, 0.1) is 4.90 Å². The molecule has 24 heavy (non-hydrogen) atoms. The molecule has 0 aliphatic carbocycles. The molecule has 1 heterocycles. The van der Waals surface area contributed by atoms with Gasteiger partial charge in [0.2, 0.25) is 10.0 Å². The summed E-state index contributed by atoms with van der Waals surface area (Å²) in [6.07, 6.45) is 0. The minimum absolute atomic E-state index is 0.0914. The molecule has 2 rings (SSSR count). The van der Waals surface area contributed by atoms with Crippen LogP contribution in [0, 0.1) is 6.92 Å². The topological polar surface area (TPSA) is 69.7 Å². The van der Waals surface area contributed by atoms with Gasteiger partial charge in [-0.05, 0) is 31.5 Å². The van der Waals surface area contributed by atoms with Gasteiger partial charge in [-0.25, -0.2) is 8.42 Å². The molecule has 7 heteroatoms. The van der Waals surface area contributed by atoms with Gasteiger partial charge in [-0.3, -0.25) is 4.79 Å². The third-order valence-corrected chi connectivity index (χ3v) is 6.59. The fraction of sp³-hybridized carbons (Fsp3) is 0.588. The number of nitrogens with zero attached hydrogens (tertiary/aromatic N) is 2. The molecule has 0 unspecified atom stereocenters. The van der Waals surface area contributed by atoms with Crippen LogP contribution >= 0.6 is 0 Å². The molecule has 6 nitrogen and oxygen atoms in total. The van der Waals surface area contributed by atoms with Crippen molar-refractivity contribution < 1.29 is 13.2 Å².